The van der Waals surface area contributed by atoms with E-state index in [4.69, 9.17) is 9.47 Å². The molecule has 0 saturated carbocycles. The molecule has 0 aliphatic heterocycles. The van der Waals surface area contributed by atoms with Crippen LogP contribution in [-0.2, 0) is 13.0 Å². The SMILES string of the molecule is CN=C(NCCc1ccc(C)c(OC)c1)NCc1ccc(OC)c(OC(F)F)c1. The van der Waals surface area contributed by atoms with Crippen LogP contribution in [0.1, 0.15) is 16.7 Å². The van der Waals surface area contributed by atoms with Gasteiger partial charge in [0.1, 0.15) is 5.75 Å². The van der Waals surface area contributed by atoms with Gasteiger partial charge in [-0.15, -0.1) is 0 Å². The predicted molar refractivity (Wildman–Crippen MR) is 109 cm³/mol. The minimum atomic E-state index is -2.91. The zero-order valence-corrected chi connectivity index (χ0v) is 17.1. The van der Waals surface area contributed by atoms with E-state index in [9.17, 15) is 8.78 Å². The summed E-state index contributed by atoms with van der Waals surface area (Å²) in [6.45, 7) is 0.154. The van der Waals surface area contributed by atoms with Gasteiger partial charge in [0, 0.05) is 20.1 Å². The first-order chi connectivity index (χ1) is 14.0. The third-order valence-electron chi connectivity index (χ3n) is 4.31. The van der Waals surface area contributed by atoms with E-state index < -0.39 is 6.61 Å². The van der Waals surface area contributed by atoms with Crippen LogP contribution in [0.15, 0.2) is 41.4 Å². The molecule has 0 unspecified atom stereocenters. The maximum Gasteiger partial charge on any atom is 0.387 e. The topological polar surface area (TPSA) is 64.1 Å². The molecule has 0 aromatic heterocycles. The van der Waals surface area contributed by atoms with Crippen molar-refractivity contribution in [1.29, 1.82) is 0 Å². The largest absolute Gasteiger partial charge is 0.496 e. The highest BCUT2D eigenvalue weighted by atomic mass is 19.3. The van der Waals surface area contributed by atoms with Crippen LogP contribution >= 0.6 is 0 Å². The Morgan fingerprint density at radius 2 is 1.66 bits per heavy atom. The molecule has 0 saturated heterocycles. The molecule has 2 aromatic rings. The molecule has 0 spiro atoms. The number of ether oxygens (including phenoxy) is 3. The lowest BCUT2D eigenvalue weighted by atomic mass is 10.1. The molecule has 0 atom stereocenters. The van der Waals surface area contributed by atoms with Gasteiger partial charge in [-0.25, -0.2) is 0 Å². The Morgan fingerprint density at radius 1 is 0.966 bits per heavy atom. The van der Waals surface area contributed by atoms with Gasteiger partial charge in [0.25, 0.3) is 0 Å². The van der Waals surface area contributed by atoms with E-state index in [1.54, 1.807) is 26.3 Å². The Morgan fingerprint density at radius 3 is 2.31 bits per heavy atom. The third-order valence-corrected chi connectivity index (χ3v) is 4.31. The van der Waals surface area contributed by atoms with Gasteiger partial charge in [0.15, 0.2) is 17.5 Å². The van der Waals surface area contributed by atoms with Crippen molar-refractivity contribution in [2.75, 3.05) is 27.8 Å². The number of alkyl halides is 2. The average molecular weight is 407 g/mol. The van der Waals surface area contributed by atoms with Crippen LogP contribution in [0.5, 0.6) is 17.2 Å². The summed E-state index contributed by atoms with van der Waals surface area (Å²) in [6, 6.07) is 11.0. The molecule has 29 heavy (non-hydrogen) atoms. The summed E-state index contributed by atoms with van der Waals surface area (Å²) in [7, 11) is 4.73. The minimum absolute atomic E-state index is 0.00179. The molecule has 158 valence electrons. The second-order valence-corrected chi connectivity index (χ2v) is 6.27. The molecule has 0 bridgehead atoms. The molecule has 0 aliphatic carbocycles. The van der Waals surface area contributed by atoms with Gasteiger partial charge in [-0.3, -0.25) is 4.99 Å². The lowest BCUT2D eigenvalue weighted by Crippen LogP contribution is -2.37. The second-order valence-electron chi connectivity index (χ2n) is 6.27. The van der Waals surface area contributed by atoms with E-state index in [-0.39, 0.29) is 11.5 Å². The minimum Gasteiger partial charge on any atom is -0.496 e. The van der Waals surface area contributed by atoms with Crippen molar-refractivity contribution < 1.29 is 23.0 Å². The summed E-state index contributed by atoms with van der Waals surface area (Å²) in [6.07, 6.45) is 0.798. The molecule has 2 rings (SSSR count). The summed E-state index contributed by atoms with van der Waals surface area (Å²) < 4.78 is 40.0. The maximum atomic E-state index is 12.6. The maximum absolute atomic E-state index is 12.6. The van der Waals surface area contributed by atoms with Crippen molar-refractivity contribution in [3.8, 4) is 17.2 Å². The van der Waals surface area contributed by atoms with Crippen LogP contribution in [0.25, 0.3) is 0 Å². The molecule has 0 radical (unpaired) electrons. The number of aliphatic imine (C=N–C) groups is 1. The smallest absolute Gasteiger partial charge is 0.387 e. The van der Waals surface area contributed by atoms with Crippen molar-refractivity contribution in [1.82, 2.24) is 10.6 Å². The normalized spacial score (nSPS) is 11.3. The number of methoxy groups -OCH3 is 2. The molecular formula is C21H27F2N3O3. The quantitative estimate of drug-likeness (QED) is 0.492. The Hall–Kier alpha value is -3.03. The Balaban J connectivity index is 1.89. The number of halogens is 2. The van der Waals surface area contributed by atoms with E-state index in [2.05, 4.69) is 26.4 Å². The Kier molecular flexibility index (Phi) is 8.51. The van der Waals surface area contributed by atoms with Crippen LogP contribution in [0.4, 0.5) is 8.78 Å². The van der Waals surface area contributed by atoms with Crippen LogP contribution < -0.4 is 24.8 Å². The Bertz CT molecular complexity index is 829. The standard InChI is InChI=1S/C21H27F2N3O3/c1-14-5-6-15(11-18(14)28-4)9-10-25-21(24-2)26-13-16-7-8-17(27-3)19(12-16)29-20(22)23/h5-8,11-12,20H,9-10,13H2,1-4H3,(H2,24,25,26). The molecule has 2 aromatic carbocycles. The van der Waals surface area contributed by atoms with E-state index in [0.717, 1.165) is 28.9 Å². The number of rotatable bonds is 9. The van der Waals surface area contributed by atoms with Crippen LogP contribution in [0.3, 0.4) is 0 Å². The zero-order chi connectivity index (χ0) is 21.2. The molecule has 2 N–H and O–H groups in total. The van der Waals surface area contributed by atoms with Crippen molar-refractivity contribution in [3.63, 3.8) is 0 Å². The fraction of sp³-hybridized carbons (Fsp3) is 0.381. The fourth-order valence-corrected chi connectivity index (χ4v) is 2.77. The van der Waals surface area contributed by atoms with Crippen molar-refractivity contribution in [2.45, 2.75) is 26.5 Å². The first kappa shape index (κ1) is 22.3. The number of guanidine groups is 1. The van der Waals surface area contributed by atoms with E-state index in [1.807, 2.05) is 19.1 Å². The van der Waals surface area contributed by atoms with Crippen LogP contribution in [0, 0.1) is 6.92 Å². The fourth-order valence-electron chi connectivity index (χ4n) is 2.77. The molecular weight excluding hydrogens is 380 g/mol. The van der Waals surface area contributed by atoms with Crippen LogP contribution in [-0.4, -0.2) is 40.4 Å². The number of nitrogens with one attached hydrogen (secondary N) is 2. The monoisotopic (exact) mass is 407 g/mol. The van der Waals surface area contributed by atoms with Gasteiger partial charge in [0.2, 0.25) is 0 Å². The summed E-state index contributed by atoms with van der Waals surface area (Å²) in [5.41, 5.74) is 3.00. The highest BCUT2D eigenvalue weighted by molar-refractivity contribution is 5.79. The number of aryl methyl sites for hydroxylation is 1. The van der Waals surface area contributed by atoms with Crippen molar-refractivity contribution >= 4 is 5.96 Å². The summed E-state index contributed by atoms with van der Waals surface area (Å²) in [5, 5.41) is 6.38. The zero-order valence-electron chi connectivity index (χ0n) is 17.1. The van der Waals surface area contributed by atoms with Gasteiger partial charge in [-0.1, -0.05) is 18.2 Å². The summed E-state index contributed by atoms with van der Waals surface area (Å²) >= 11 is 0. The van der Waals surface area contributed by atoms with Gasteiger partial charge >= 0.3 is 6.61 Å². The predicted octanol–water partition coefficient (Wildman–Crippen LogP) is 3.52. The van der Waals surface area contributed by atoms with E-state index in [1.165, 1.54) is 13.2 Å². The van der Waals surface area contributed by atoms with E-state index in [0.29, 0.717) is 19.0 Å². The first-order valence-electron chi connectivity index (χ1n) is 9.16. The van der Waals surface area contributed by atoms with E-state index >= 15 is 0 Å². The number of benzene rings is 2. The molecule has 8 heteroatoms. The molecule has 0 aliphatic rings. The Labute approximate surface area is 169 Å². The highest BCUT2D eigenvalue weighted by Crippen LogP contribution is 2.29. The molecule has 0 fully saturated rings. The summed E-state index contributed by atoms with van der Waals surface area (Å²) in [4.78, 5) is 4.18. The van der Waals surface area contributed by atoms with Crippen LogP contribution in [0.2, 0.25) is 0 Å². The lowest BCUT2D eigenvalue weighted by molar-refractivity contribution is -0.0512. The molecule has 0 heterocycles. The second kappa shape index (κ2) is 11.1. The van der Waals surface area contributed by atoms with Gasteiger partial charge in [0.05, 0.1) is 14.2 Å². The van der Waals surface area contributed by atoms with Gasteiger partial charge in [-0.2, -0.15) is 8.78 Å². The number of nitrogens with zero attached hydrogens (tertiary/aromatic N) is 1. The van der Waals surface area contributed by atoms with Crippen molar-refractivity contribution in [3.05, 3.63) is 53.1 Å². The van der Waals surface area contributed by atoms with Crippen molar-refractivity contribution in [2.24, 2.45) is 4.99 Å². The number of hydrogen-bond donors (Lipinski definition) is 2. The molecule has 6 nitrogen and oxygen atoms in total. The van der Waals surface area contributed by atoms with Gasteiger partial charge in [-0.05, 0) is 48.2 Å². The highest BCUT2D eigenvalue weighted by Gasteiger charge is 2.11. The average Bonchev–Trinajstić information content (AvgIpc) is 2.71. The summed E-state index contributed by atoms with van der Waals surface area (Å²) in [5.74, 6) is 1.73. The first-order valence-corrected chi connectivity index (χ1v) is 9.16. The lowest BCUT2D eigenvalue weighted by Gasteiger charge is -2.14. The molecule has 0 amide bonds. The third kappa shape index (κ3) is 6.81. The number of hydrogen-bond acceptors (Lipinski definition) is 4. The van der Waals surface area contributed by atoms with Gasteiger partial charge < -0.3 is 24.8 Å².